The van der Waals surface area contributed by atoms with Gasteiger partial charge in [-0.2, -0.15) is 0 Å². The van der Waals surface area contributed by atoms with Gasteiger partial charge in [0.05, 0.1) is 7.11 Å². The molecule has 0 aliphatic carbocycles. The predicted octanol–water partition coefficient (Wildman–Crippen LogP) is 2.52. The first-order chi connectivity index (χ1) is 8.69. The lowest BCUT2D eigenvalue weighted by Gasteiger charge is -2.33. The van der Waals surface area contributed by atoms with Gasteiger partial charge in [-0.05, 0) is 37.9 Å². The third kappa shape index (κ3) is 3.39. The fourth-order valence-electron chi connectivity index (χ4n) is 2.43. The summed E-state index contributed by atoms with van der Waals surface area (Å²) in [6, 6.07) is 8.97. The second-order valence-electron chi connectivity index (χ2n) is 5.35. The van der Waals surface area contributed by atoms with Crippen molar-refractivity contribution in [2.45, 2.75) is 26.3 Å². The van der Waals surface area contributed by atoms with Crippen molar-refractivity contribution in [2.75, 3.05) is 31.6 Å². The fourth-order valence-corrected chi connectivity index (χ4v) is 2.43. The van der Waals surface area contributed by atoms with Crippen LogP contribution in [0.15, 0.2) is 24.3 Å². The Morgan fingerprint density at radius 3 is 2.94 bits per heavy atom. The van der Waals surface area contributed by atoms with Crippen LogP contribution in [-0.4, -0.2) is 32.8 Å². The summed E-state index contributed by atoms with van der Waals surface area (Å²) in [4.78, 5) is 2.48. The van der Waals surface area contributed by atoms with Crippen molar-refractivity contribution in [1.82, 2.24) is 5.32 Å². The van der Waals surface area contributed by atoms with Gasteiger partial charge in [-0.15, -0.1) is 0 Å². The maximum absolute atomic E-state index is 5.31. The van der Waals surface area contributed by atoms with Gasteiger partial charge < -0.3 is 15.0 Å². The molecule has 3 nitrogen and oxygen atoms in total. The van der Waals surface area contributed by atoms with Crippen molar-refractivity contribution in [3.05, 3.63) is 24.3 Å². The molecule has 1 saturated heterocycles. The molecule has 3 heteroatoms. The first-order valence-electron chi connectivity index (χ1n) is 6.81. The quantitative estimate of drug-likeness (QED) is 0.870. The van der Waals surface area contributed by atoms with E-state index in [4.69, 9.17) is 4.74 Å². The van der Waals surface area contributed by atoms with E-state index in [1.54, 1.807) is 7.11 Å². The molecule has 1 aromatic rings. The molecule has 100 valence electrons. The zero-order chi connectivity index (χ0) is 13.0. The molecule has 18 heavy (non-hydrogen) atoms. The second kappa shape index (κ2) is 6.10. The fraction of sp³-hybridized carbons (Fsp3) is 0.600. The zero-order valence-corrected chi connectivity index (χ0v) is 11.6. The molecule has 1 aliphatic rings. The average Bonchev–Trinajstić information content (AvgIpc) is 2.39. The molecule has 2 unspecified atom stereocenters. The number of hydrogen-bond acceptors (Lipinski definition) is 3. The van der Waals surface area contributed by atoms with Gasteiger partial charge in [0.15, 0.2) is 0 Å². The van der Waals surface area contributed by atoms with E-state index in [-0.39, 0.29) is 0 Å². The minimum atomic E-state index is 0.598. The number of nitrogens with zero attached hydrogens (tertiary/aromatic N) is 1. The standard InChI is InChI=1S/C15H24N2O/c1-12-10-16-13(2)7-8-17(11-12)14-5-4-6-15(9-14)18-3/h4-6,9,12-13,16H,7-8,10-11H2,1-3H3. The van der Waals surface area contributed by atoms with Crippen molar-refractivity contribution in [2.24, 2.45) is 5.92 Å². The Bertz CT molecular complexity index is 381. The van der Waals surface area contributed by atoms with Crippen molar-refractivity contribution in [3.63, 3.8) is 0 Å². The van der Waals surface area contributed by atoms with Gasteiger partial charge in [-0.3, -0.25) is 0 Å². The molecule has 0 aromatic heterocycles. The molecular weight excluding hydrogens is 224 g/mol. The summed E-state index contributed by atoms with van der Waals surface area (Å²) >= 11 is 0. The molecule has 0 amide bonds. The molecule has 1 heterocycles. The number of rotatable bonds is 2. The van der Waals surface area contributed by atoms with Crippen LogP contribution in [0.25, 0.3) is 0 Å². The monoisotopic (exact) mass is 248 g/mol. The van der Waals surface area contributed by atoms with Gasteiger partial charge in [0.2, 0.25) is 0 Å². The van der Waals surface area contributed by atoms with Gasteiger partial charge in [0, 0.05) is 30.9 Å². The van der Waals surface area contributed by atoms with Gasteiger partial charge in [-0.1, -0.05) is 13.0 Å². The number of ether oxygens (including phenoxy) is 1. The lowest BCUT2D eigenvalue weighted by molar-refractivity contribution is 0.407. The van der Waals surface area contributed by atoms with Crippen molar-refractivity contribution >= 4 is 5.69 Å². The van der Waals surface area contributed by atoms with Crippen LogP contribution < -0.4 is 15.0 Å². The summed E-state index contributed by atoms with van der Waals surface area (Å²) in [6.45, 7) is 7.88. The Balaban J connectivity index is 2.13. The smallest absolute Gasteiger partial charge is 0.120 e. The Morgan fingerprint density at radius 1 is 1.33 bits per heavy atom. The number of nitrogens with one attached hydrogen (secondary N) is 1. The summed E-state index contributed by atoms with van der Waals surface area (Å²) in [5.74, 6) is 1.60. The van der Waals surface area contributed by atoms with Crippen LogP contribution in [0, 0.1) is 5.92 Å². The van der Waals surface area contributed by atoms with Crippen LogP contribution in [0.1, 0.15) is 20.3 Å². The van der Waals surface area contributed by atoms with E-state index < -0.39 is 0 Å². The molecule has 1 fully saturated rings. The average molecular weight is 248 g/mol. The molecule has 1 N–H and O–H groups in total. The largest absolute Gasteiger partial charge is 0.497 e. The van der Waals surface area contributed by atoms with Gasteiger partial charge in [0.1, 0.15) is 5.75 Å². The Labute approximate surface area is 110 Å². The summed E-state index contributed by atoms with van der Waals surface area (Å²) in [6.07, 6.45) is 1.18. The van der Waals surface area contributed by atoms with Crippen LogP contribution in [0.3, 0.4) is 0 Å². The highest BCUT2D eigenvalue weighted by Gasteiger charge is 2.16. The summed E-state index contributed by atoms with van der Waals surface area (Å²) in [5, 5.41) is 3.58. The Morgan fingerprint density at radius 2 is 2.17 bits per heavy atom. The molecule has 0 radical (unpaired) electrons. The minimum absolute atomic E-state index is 0.598. The van der Waals surface area contributed by atoms with Gasteiger partial charge in [-0.25, -0.2) is 0 Å². The maximum atomic E-state index is 5.31. The van der Waals surface area contributed by atoms with Gasteiger partial charge >= 0.3 is 0 Å². The van der Waals surface area contributed by atoms with Crippen LogP contribution in [-0.2, 0) is 0 Å². The Hall–Kier alpha value is -1.22. The number of methoxy groups -OCH3 is 1. The van der Waals surface area contributed by atoms with Gasteiger partial charge in [0.25, 0.3) is 0 Å². The number of hydrogen-bond donors (Lipinski definition) is 1. The summed E-state index contributed by atoms with van der Waals surface area (Å²) in [7, 11) is 1.72. The molecule has 1 aliphatic heterocycles. The SMILES string of the molecule is COc1cccc(N2CCC(C)NCC(C)C2)c1. The molecule has 2 rings (SSSR count). The summed E-state index contributed by atoms with van der Waals surface area (Å²) < 4.78 is 5.31. The molecule has 0 saturated carbocycles. The molecule has 2 atom stereocenters. The van der Waals surface area contributed by atoms with E-state index >= 15 is 0 Å². The Kier molecular flexibility index (Phi) is 4.48. The highest BCUT2D eigenvalue weighted by molar-refractivity contribution is 5.50. The highest BCUT2D eigenvalue weighted by Crippen LogP contribution is 2.23. The van der Waals surface area contributed by atoms with Crippen LogP contribution in [0.4, 0.5) is 5.69 Å². The second-order valence-corrected chi connectivity index (χ2v) is 5.35. The topological polar surface area (TPSA) is 24.5 Å². The van der Waals surface area contributed by atoms with Crippen molar-refractivity contribution < 1.29 is 4.74 Å². The van der Waals surface area contributed by atoms with Crippen LogP contribution in [0.5, 0.6) is 5.75 Å². The third-order valence-corrected chi connectivity index (χ3v) is 3.60. The first kappa shape index (κ1) is 13.2. The van der Waals surface area contributed by atoms with E-state index in [2.05, 4.69) is 42.3 Å². The lowest BCUT2D eigenvalue weighted by Crippen LogP contribution is -2.42. The van der Waals surface area contributed by atoms with Crippen molar-refractivity contribution in [3.8, 4) is 5.75 Å². The van der Waals surface area contributed by atoms with Crippen LogP contribution in [0.2, 0.25) is 0 Å². The molecule has 1 aromatic carbocycles. The zero-order valence-electron chi connectivity index (χ0n) is 11.6. The minimum Gasteiger partial charge on any atom is -0.497 e. The summed E-state index contributed by atoms with van der Waals surface area (Å²) in [5.41, 5.74) is 1.27. The highest BCUT2D eigenvalue weighted by atomic mass is 16.5. The number of benzene rings is 1. The predicted molar refractivity (Wildman–Crippen MR) is 76.5 cm³/mol. The normalized spacial score (nSPS) is 25.4. The van der Waals surface area contributed by atoms with E-state index in [0.29, 0.717) is 12.0 Å². The molecular formula is C15H24N2O. The van der Waals surface area contributed by atoms with E-state index in [1.165, 1.54) is 12.1 Å². The first-order valence-corrected chi connectivity index (χ1v) is 6.81. The van der Waals surface area contributed by atoms with E-state index in [9.17, 15) is 0 Å². The van der Waals surface area contributed by atoms with Crippen LogP contribution >= 0.6 is 0 Å². The van der Waals surface area contributed by atoms with E-state index in [1.807, 2.05) is 6.07 Å². The maximum Gasteiger partial charge on any atom is 0.120 e. The van der Waals surface area contributed by atoms with Crippen molar-refractivity contribution in [1.29, 1.82) is 0 Å². The number of anilines is 1. The van der Waals surface area contributed by atoms with E-state index in [0.717, 1.165) is 25.4 Å². The molecule has 0 bridgehead atoms. The third-order valence-electron chi connectivity index (χ3n) is 3.60. The molecule has 0 spiro atoms. The lowest BCUT2D eigenvalue weighted by atomic mass is 10.1.